The van der Waals surface area contributed by atoms with Crippen molar-refractivity contribution >= 4 is 15.9 Å². The second-order valence-electron chi connectivity index (χ2n) is 6.28. The van der Waals surface area contributed by atoms with Gasteiger partial charge in [-0.2, -0.15) is 0 Å². The van der Waals surface area contributed by atoms with Crippen molar-refractivity contribution in [1.82, 2.24) is 5.32 Å². The van der Waals surface area contributed by atoms with Gasteiger partial charge in [-0.05, 0) is 65.5 Å². The number of hydrogen-bond donors (Lipinski definition) is 1. The number of alkyl halides is 1. The summed E-state index contributed by atoms with van der Waals surface area (Å²) in [7, 11) is 1.96. The highest BCUT2D eigenvalue weighted by Crippen LogP contribution is 2.15. The predicted molar refractivity (Wildman–Crippen MR) is 111 cm³/mol. The molecule has 0 aromatic carbocycles. The van der Waals surface area contributed by atoms with Crippen LogP contribution in [0.15, 0.2) is 24.8 Å². The molecule has 1 rings (SSSR count). The standard InChI is InChI=1S/C10H21NO2.C6H12.C4H7Br/c1-9(6-7-11-2)13-10-5-3-4-8-12-10;1-4-5-6(2)3;1-2-3-4-5/h9-11H,3-8H2,1-2H3;4,6H,1,5H2,2-3H3;2-3H,4H2,1H3/b;;3-2-. The summed E-state index contributed by atoms with van der Waals surface area (Å²) in [4.78, 5) is 0. The van der Waals surface area contributed by atoms with Crippen LogP contribution in [0, 0.1) is 5.92 Å². The Hall–Kier alpha value is -0.160. The summed E-state index contributed by atoms with van der Waals surface area (Å²) < 4.78 is 11.2. The summed E-state index contributed by atoms with van der Waals surface area (Å²) in [6.45, 7) is 13.9. The molecule has 0 spiro atoms. The third-order valence-corrected chi connectivity index (χ3v) is 3.66. The van der Waals surface area contributed by atoms with Gasteiger partial charge in [-0.15, -0.1) is 6.58 Å². The van der Waals surface area contributed by atoms with Crippen LogP contribution in [0.3, 0.4) is 0 Å². The molecule has 4 heteroatoms. The zero-order valence-electron chi connectivity index (χ0n) is 16.5. The van der Waals surface area contributed by atoms with Gasteiger partial charge in [0.05, 0.1) is 6.10 Å². The summed E-state index contributed by atoms with van der Waals surface area (Å²) in [5.41, 5.74) is 0. The van der Waals surface area contributed by atoms with Crippen molar-refractivity contribution in [3.63, 3.8) is 0 Å². The fraction of sp³-hybridized carbons (Fsp3) is 0.800. The maximum Gasteiger partial charge on any atom is 0.157 e. The van der Waals surface area contributed by atoms with Crippen molar-refractivity contribution in [2.75, 3.05) is 25.5 Å². The molecule has 1 heterocycles. The average Bonchev–Trinajstić information content (AvgIpc) is 2.56. The molecule has 0 aliphatic carbocycles. The first-order chi connectivity index (χ1) is 11.5. The smallest absolute Gasteiger partial charge is 0.157 e. The Labute approximate surface area is 159 Å². The van der Waals surface area contributed by atoms with Crippen LogP contribution in [-0.4, -0.2) is 37.9 Å². The molecule has 1 N–H and O–H groups in total. The third kappa shape index (κ3) is 21.8. The predicted octanol–water partition coefficient (Wildman–Crippen LogP) is 5.70. The lowest BCUT2D eigenvalue weighted by Gasteiger charge is -2.25. The first kappa shape index (κ1) is 26.1. The van der Waals surface area contributed by atoms with Gasteiger partial charge in [0, 0.05) is 11.9 Å². The van der Waals surface area contributed by atoms with E-state index in [-0.39, 0.29) is 6.29 Å². The molecule has 0 aromatic rings. The summed E-state index contributed by atoms with van der Waals surface area (Å²) in [6, 6.07) is 0. The average molecular weight is 406 g/mol. The lowest BCUT2D eigenvalue weighted by atomic mass is 10.1. The lowest BCUT2D eigenvalue weighted by molar-refractivity contribution is -0.185. The first-order valence-electron chi connectivity index (χ1n) is 9.21. The van der Waals surface area contributed by atoms with Gasteiger partial charge < -0.3 is 14.8 Å². The van der Waals surface area contributed by atoms with Crippen LogP contribution in [0.4, 0.5) is 0 Å². The van der Waals surface area contributed by atoms with Gasteiger partial charge in [-0.1, -0.05) is 48.0 Å². The van der Waals surface area contributed by atoms with Crippen LogP contribution in [0.2, 0.25) is 0 Å². The number of halogens is 1. The fourth-order valence-electron chi connectivity index (χ4n) is 1.92. The zero-order valence-corrected chi connectivity index (χ0v) is 18.1. The maximum atomic E-state index is 5.73. The van der Waals surface area contributed by atoms with Crippen molar-refractivity contribution < 1.29 is 9.47 Å². The van der Waals surface area contributed by atoms with Gasteiger partial charge in [0.2, 0.25) is 0 Å². The van der Waals surface area contributed by atoms with Gasteiger partial charge in [0.25, 0.3) is 0 Å². The molecule has 1 saturated heterocycles. The minimum absolute atomic E-state index is 0.0561. The molecule has 3 nitrogen and oxygen atoms in total. The van der Waals surface area contributed by atoms with E-state index < -0.39 is 0 Å². The van der Waals surface area contributed by atoms with Gasteiger partial charge in [-0.25, -0.2) is 0 Å². The molecule has 0 aromatic heterocycles. The van der Waals surface area contributed by atoms with Crippen LogP contribution < -0.4 is 5.32 Å². The van der Waals surface area contributed by atoms with E-state index >= 15 is 0 Å². The Morgan fingerprint density at radius 3 is 2.38 bits per heavy atom. The molecule has 0 amide bonds. The Bertz CT molecular complexity index is 277. The molecule has 1 aliphatic heterocycles. The van der Waals surface area contributed by atoms with Crippen LogP contribution >= 0.6 is 15.9 Å². The van der Waals surface area contributed by atoms with Crippen molar-refractivity contribution in [2.45, 2.75) is 72.2 Å². The van der Waals surface area contributed by atoms with E-state index in [4.69, 9.17) is 9.47 Å². The van der Waals surface area contributed by atoms with E-state index in [1.165, 1.54) is 12.8 Å². The summed E-state index contributed by atoms with van der Waals surface area (Å²) >= 11 is 3.22. The third-order valence-electron chi connectivity index (χ3n) is 3.29. The lowest BCUT2D eigenvalue weighted by Crippen LogP contribution is -2.28. The molecular weight excluding hydrogens is 366 g/mol. The number of rotatable bonds is 8. The largest absolute Gasteiger partial charge is 0.353 e. The Balaban J connectivity index is 0. The molecule has 0 radical (unpaired) electrons. The summed E-state index contributed by atoms with van der Waals surface area (Å²) in [5.74, 6) is 0.780. The molecular formula is C20H40BrNO2. The second-order valence-corrected chi connectivity index (χ2v) is 6.92. The Kier molecular flexibility index (Phi) is 22.7. The van der Waals surface area contributed by atoms with Gasteiger partial charge in [0.15, 0.2) is 6.29 Å². The number of nitrogens with one attached hydrogen (secondary N) is 1. The van der Waals surface area contributed by atoms with Gasteiger partial charge >= 0.3 is 0 Å². The van der Waals surface area contributed by atoms with E-state index in [9.17, 15) is 0 Å². The molecule has 2 unspecified atom stereocenters. The molecule has 1 fully saturated rings. The molecule has 0 saturated carbocycles. The van der Waals surface area contributed by atoms with Crippen molar-refractivity contribution in [3.05, 3.63) is 24.8 Å². The van der Waals surface area contributed by atoms with E-state index in [1.54, 1.807) is 0 Å². The highest BCUT2D eigenvalue weighted by molar-refractivity contribution is 9.09. The van der Waals surface area contributed by atoms with Crippen molar-refractivity contribution in [1.29, 1.82) is 0 Å². The molecule has 144 valence electrons. The van der Waals surface area contributed by atoms with E-state index in [2.05, 4.69) is 48.6 Å². The summed E-state index contributed by atoms with van der Waals surface area (Å²) in [5, 5.41) is 4.09. The number of allylic oxidation sites excluding steroid dienone is 3. The molecule has 24 heavy (non-hydrogen) atoms. The Morgan fingerprint density at radius 2 is 2.04 bits per heavy atom. The highest BCUT2D eigenvalue weighted by Gasteiger charge is 2.16. The van der Waals surface area contributed by atoms with Crippen LogP contribution in [0.25, 0.3) is 0 Å². The van der Waals surface area contributed by atoms with Gasteiger partial charge in [-0.3, -0.25) is 0 Å². The van der Waals surface area contributed by atoms with Crippen molar-refractivity contribution in [3.8, 4) is 0 Å². The van der Waals surface area contributed by atoms with Crippen LogP contribution in [-0.2, 0) is 9.47 Å². The van der Waals surface area contributed by atoms with E-state index in [0.29, 0.717) is 6.10 Å². The molecule has 0 bridgehead atoms. The van der Waals surface area contributed by atoms with Gasteiger partial charge in [0.1, 0.15) is 0 Å². The SMILES string of the molecule is C/C=C\CBr.C=CCC(C)C.CNCCC(C)OC1CCCCO1. The second kappa shape index (κ2) is 20.9. The van der Waals surface area contributed by atoms with Crippen LogP contribution in [0.5, 0.6) is 0 Å². The summed E-state index contributed by atoms with van der Waals surface area (Å²) in [6.07, 6.45) is 12.0. The quantitative estimate of drug-likeness (QED) is 0.414. The molecule has 2 atom stereocenters. The topological polar surface area (TPSA) is 30.5 Å². The minimum Gasteiger partial charge on any atom is -0.353 e. The zero-order chi connectivity index (χ0) is 18.6. The Morgan fingerprint density at radius 1 is 1.33 bits per heavy atom. The minimum atomic E-state index is 0.0561. The first-order valence-corrected chi connectivity index (χ1v) is 10.3. The van der Waals surface area contributed by atoms with Crippen LogP contribution in [0.1, 0.15) is 59.8 Å². The highest BCUT2D eigenvalue weighted by atomic mass is 79.9. The molecule has 1 aliphatic rings. The van der Waals surface area contributed by atoms with Crippen molar-refractivity contribution in [2.24, 2.45) is 5.92 Å². The maximum absolute atomic E-state index is 5.73. The number of hydrogen-bond acceptors (Lipinski definition) is 3. The fourth-order valence-corrected chi connectivity index (χ4v) is 2.29. The number of ether oxygens (including phenoxy) is 2. The van der Waals surface area contributed by atoms with E-state index in [1.807, 2.05) is 32.2 Å². The van der Waals surface area contributed by atoms with E-state index in [0.717, 1.165) is 43.7 Å². The monoisotopic (exact) mass is 405 g/mol. The normalized spacial score (nSPS) is 18.4.